The largest absolute Gasteiger partial charge is 0.345 e. The van der Waals surface area contributed by atoms with Crippen molar-refractivity contribution < 1.29 is 13.6 Å². The van der Waals surface area contributed by atoms with Gasteiger partial charge in [-0.25, -0.2) is 0 Å². The van der Waals surface area contributed by atoms with E-state index >= 15 is 0 Å². The zero-order valence-electron chi connectivity index (χ0n) is 7.01. The number of carbonyl (C=O) groups is 1. The number of rotatable bonds is 3. The maximum Gasteiger partial charge on any atom is 0.313 e. The van der Waals surface area contributed by atoms with Crippen LogP contribution in [-0.2, 0) is 0 Å². The van der Waals surface area contributed by atoms with Gasteiger partial charge in [-0.3, -0.25) is 9.78 Å². The molecule has 0 saturated carbocycles. The molecule has 76 valence electrons. The van der Waals surface area contributed by atoms with Crippen LogP contribution >= 0.6 is 22.6 Å². The molecule has 1 aromatic rings. The molecule has 0 spiro atoms. The van der Waals surface area contributed by atoms with E-state index < -0.39 is 16.4 Å². The Morgan fingerprint density at radius 1 is 1.64 bits per heavy atom. The Kier molecular flexibility index (Phi) is 3.73. The Labute approximate surface area is 93.1 Å². The van der Waals surface area contributed by atoms with Gasteiger partial charge in [0.05, 0.1) is 12.1 Å². The molecule has 14 heavy (non-hydrogen) atoms. The molecule has 0 aliphatic carbocycles. The van der Waals surface area contributed by atoms with Gasteiger partial charge >= 0.3 is 3.93 Å². The van der Waals surface area contributed by atoms with Crippen molar-refractivity contribution in [1.29, 1.82) is 0 Å². The fourth-order valence-electron chi connectivity index (χ4n) is 0.780. The molecule has 1 N–H and O–H groups in total. The summed E-state index contributed by atoms with van der Waals surface area (Å²) in [6.45, 7) is -0.679. The fraction of sp³-hybridized carbons (Fsp3) is 0.250. The van der Waals surface area contributed by atoms with Crippen molar-refractivity contribution in [1.82, 2.24) is 10.3 Å². The van der Waals surface area contributed by atoms with Crippen LogP contribution in [0.3, 0.4) is 0 Å². The highest BCUT2D eigenvalue weighted by Crippen LogP contribution is 2.20. The molecular formula is C8H7F2IN2O. The number of carbonyl (C=O) groups excluding carboxylic acids is 1. The smallest absolute Gasteiger partial charge is 0.313 e. The van der Waals surface area contributed by atoms with Crippen molar-refractivity contribution in [3.8, 4) is 0 Å². The number of aromatic nitrogens is 1. The molecule has 1 rings (SSSR count). The Morgan fingerprint density at radius 2 is 2.36 bits per heavy atom. The number of nitrogens with zero attached hydrogens (tertiary/aromatic N) is 1. The average Bonchev–Trinajstić information content (AvgIpc) is 2.14. The van der Waals surface area contributed by atoms with E-state index in [-0.39, 0.29) is 5.56 Å². The predicted molar refractivity (Wildman–Crippen MR) is 55.5 cm³/mol. The molecule has 1 aromatic heterocycles. The van der Waals surface area contributed by atoms with Crippen LogP contribution in [-0.4, -0.2) is 21.4 Å². The zero-order chi connectivity index (χ0) is 10.6. The minimum Gasteiger partial charge on any atom is -0.345 e. The van der Waals surface area contributed by atoms with Crippen LogP contribution in [0.5, 0.6) is 0 Å². The van der Waals surface area contributed by atoms with Gasteiger partial charge in [0.1, 0.15) is 0 Å². The number of pyridine rings is 1. The molecule has 0 radical (unpaired) electrons. The minimum atomic E-state index is -2.92. The maximum atomic E-state index is 12.4. The first kappa shape index (κ1) is 11.3. The van der Waals surface area contributed by atoms with E-state index in [4.69, 9.17) is 0 Å². The van der Waals surface area contributed by atoms with E-state index in [1.165, 1.54) is 18.5 Å². The Morgan fingerprint density at radius 3 is 2.86 bits per heavy atom. The highest BCUT2D eigenvalue weighted by molar-refractivity contribution is 14.1. The molecule has 0 bridgehead atoms. The molecule has 0 fully saturated rings. The summed E-state index contributed by atoms with van der Waals surface area (Å²) >= 11 is 0.966. The molecule has 0 atom stereocenters. The van der Waals surface area contributed by atoms with Gasteiger partial charge in [-0.2, -0.15) is 8.78 Å². The number of nitrogens with one attached hydrogen (secondary N) is 1. The lowest BCUT2D eigenvalue weighted by Gasteiger charge is -2.09. The third-order valence-corrected chi connectivity index (χ3v) is 1.75. The molecular weight excluding hydrogens is 305 g/mol. The van der Waals surface area contributed by atoms with Gasteiger partial charge in [-0.1, -0.05) is 0 Å². The first-order valence-electron chi connectivity index (χ1n) is 3.74. The van der Waals surface area contributed by atoms with Crippen LogP contribution in [0.1, 0.15) is 10.4 Å². The van der Waals surface area contributed by atoms with Crippen LogP contribution in [0.25, 0.3) is 0 Å². The van der Waals surface area contributed by atoms with Crippen molar-refractivity contribution in [3.05, 3.63) is 30.1 Å². The van der Waals surface area contributed by atoms with Crippen LogP contribution in [0, 0.1) is 0 Å². The van der Waals surface area contributed by atoms with Gasteiger partial charge in [0, 0.05) is 35.0 Å². The number of halogens is 3. The Hall–Kier alpha value is -0.790. The topological polar surface area (TPSA) is 42.0 Å². The van der Waals surface area contributed by atoms with Gasteiger partial charge in [-0.05, 0) is 12.1 Å². The molecule has 1 amide bonds. The standard InChI is InChI=1S/C8H7F2IN2O/c9-8(10,11)5-13-7(14)6-2-1-3-12-4-6/h1-4H,5H2,(H,13,14). The summed E-state index contributed by atoms with van der Waals surface area (Å²) in [5.41, 5.74) is 0.271. The second kappa shape index (κ2) is 4.63. The summed E-state index contributed by atoms with van der Waals surface area (Å²) in [4.78, 5) is 14.9. The van der Waals surface area contributed by atoms with Crippen molar-refractivity contribution in [2.75, 3.05) is 6.54 Å². The van der Waals surface area contributed by atoms with Crippen LogP contribution < -0.4 is 5.32 Å². The molecule has 0 unspecified atom stereocenters. The van der Waals surface area contributed by atoms with Gasteiger partial charge in [0.25, 0.3) is 5.91 Å². The molecule has 6 heteroatoms. The summed E-state index contributed by atoms with van der Waals surface area (Å²) in [6.07, 6.45) is 2.82. The van der Waals surface area contributed by atoms with E-state index in [2.05, 4.69) is 10.3 Å². The van der Waals surface area contributed by atoms with Crippen LogP contribution in [0.4, 0.5) is 8.78 Å². The number of hydrogen-bond acceptors (Lipinski definition) is 2. The van der Waals surface area contributed by atoms with E-state index in [1.807, 2.05) is 0 Å². The van der Waals surface area contributed by atoms with Crippen molar-refractivity contribution in [3.63, 3.8) is 0 Å². The van der Waals surface area contributed by atoms with Gasteiger partial charge in [0.15, 0.2) is 0 Å². The lowest BCUT2D eigenvalue weighted by atomic mass is 10.3. The second-order valence-corrected chi connectivity index (χ2v) is 4.12. The van der Waals surface area contributed by atoms with Crippen molar-refractivity contribution in [2.45, 2.75) is 3.93 Å². The van der Waals surface area contributed by atoms with E-state index in [0.717, 1.165) is 22.6 Å². The highest BCUT2D eigenvalue weighted by Gasteiger charge is 2.24. The summed E-state index contributed by atoms with van der Waals surface area (Å²) in [7, 11) is 0. The molecule has 0 aliphatic rings. The third-order valence-electron chi connectivity index (χ3n) is 1.37. The van der Waals surface area contributed by atoms with Crippen molar-refractivity contribution >= 4 is 28.5 Å². The first-order valence-corrected chi connectivity index (χ1v) is 4.82. The maximum absolute atomic E-state index is 12.4. The van der Waals surface area contributed by atoms with Gasteiger partial charge in [-0.15, -0.1) is 0 Å². The molecule has 1 heterocycles. The normalized spacial score (nSPS) is 11.1. The summed E-state index contributed by atoms with van der Waals surface area (Å²) in [5, 5.41) is 2.10. The summed E-state index contributed by atoms with van der Waals surface area (Å²) < 4.78 is 21.8. The quantitative estimate of drug-likeness (QED) is 0.683. The average molecular weight is 312 g/mol. The third kappa shape index (κ3) is 3.95. The zero-order valence-corrected chi connectivity index (χ0v) is 9.16. The summed E-state index contributed by atoms with van der Waals surface area (Å²) in [6, 6.07) is 3.07. The lowest BCUT2D eigenvalue weighted by molar-refractivity contribution is 0.0862. The molecule has 0 saturated heterocycles. The first-order chi connectivity index (χ1) is 6.49. The number of alkyl halides is 3. The van der Waals surface area contributed by atoms with Crippen LogP contribution in [0.15, 0.2) is 24.5 Å². The molecule has 3 nitrogen and oxygen atoms in total. The minimum absolute atomic E-state index is 0.271. The van der Waals surface area contributed by atoms with E-state index in [9.17, 15) is 13.6 Å². The van der Waals surface area contributed by atoms with Crippen molar-refractivity contribution in [2.24, 2.45) is 0 Å². The molecule has 0 aliphatic heterocycles. The Bertz CT molecular complexity index is 313. The second-order valence-electron chi connectivity index (χ2n) is 2.54. The lowest BCUT2D eigenvalue weighted by Crippen LogP contribution is -2.32. The predicted octanol–water partition coefficient (Wildman–Crippen LogP) is 1.84. The number of amides is 1. The van der Waals surface area contributed by atoms with Crippen LogP contribution in [0.2, 0.25) is 0 Å². The molecule has 0 aromatic carbocycles. The van der Waals surface area contributed by atoms with E-state index in [0.29, 0.717) is 0 Å². The SMILES string of the molecule is O=C(NCC(F)(F)I)c1cccnc1. The monoisotopic (exact) mass is 312 g/mol. The van der Waals surface area contributed by atoms with Gasteiger partial charge in [0.2, 0.25) is 0 Å². The number of hydrogen-bond donors (Lipinski definition) is 1. The van der Waals surface area contributed by atoms with Gasteiger partial charge < -0.3 is 5.32 Å². The summed E-state index contributed by atoms with van der Waals surface area (Å²) in [5.74, 6) is -0.547. The highest BCUT2D eigenvalue weighted by atomic mass is 127. The Balaban J connectivity index is 2.52. The fourth-order valence-corrected chi connectivity index (χ4v) is 0.970. The van der Waals surface area contributed by atoms with E-state index in [1.54, 1.807) is 6.07 Å².